The molecule has 0 radical (unpaired) electrons. The summed E-state index contributed by atoms with van der Waals surface area (Å²) in [6, 6.07) is 5.44. The minimum Gasteiger partial charge on any atom is -0.507 e. The number of rotatable bonds is 8. The van der Waals surface area contributed by atoms with E-state index >= 15 is 0 Å². The average molecular weight is 498 g/mol. The number of aryl methyl sites for hydroxylation is 1. The van der Waals surface area contributed by atoms with Crippen molar-refractivity contribution in [3.8, 4) is 0 Å². The van der Waals surface area contributed by atoms with Gasteiger partial charge in [-0.3, -0.25) is 9.59 Å². The lowest BCUT2D eigenvalue weighted by Crippen LogP contribution is -2.35. The second kappa shape index (κ2) is 10.8. The molecule has 1 aliphatic rings. The molecule has 1 amide bonds. The number of benzene rings is 1. The maximum atomic E-state index is 13.2. The van der Waals surface area contributed by atoms with Gasteiger partial charge >= 0.3 is 11.9 Å². The first-order valence-electron chi connectivity index (χ1n) is 11.5. The molecule has 1 aliphatic heterocycles. The Morgan fingerprint density at radius 3 is 2.31 bits per heavy atom. The number of likely N-dealkylation sites (N-methyl/N-ethyl adjacent to an activating group) is 1. The van der Waals surface area contributed by atoms with E-state index in [2.05, 4.69) is 4.98 Å². The Morgan fingerprint density at radius 1 is 1.11 bits per heavy atom. The number of likely N-dealkylation sites (tertiary alicyclic amines) is 1. The number of nitrogens with zero attached hydrogens (tertiary/aromatic N) is 2. The standard InChI is InChI=1S/C26H31N3O7/c1-7-36-26(34)20-14(2)18(15(3)27-20)22(30)19-21(16-8-10-17(11-9-16)25(33)35-6)29(13-12-28(4)5)24(32)23(19)31/h8-11,21,27,30H,7,12-13H2,1-6H3. The van der Waals surface area contributed by atoms with Crippen LogP contribution in [0.25, 0.3) is 5.76 Å². The molecule has 0 spiro atoms. The van der Waals surface area contributed by atoms with Crippen molar-refractivity contribution < 1.29 is 33.8 Å². The highest BCUT2D eigenvalue weighted by Crippen LogP contribution is 2.40. The molecule has 1 aromatic heterocycles. The topological polar surface area (TPSA) is 129 Å². The van der Waals surface area contributed by atoms with Crippen molar-refractivity contribution in [1.82, 2.24) is 14.8 Å². The summed E-state index contributed by atoms with van der Waals surface area (Å²) in [4.78, 5) is 56.8. The second-order valence-corrected chi connectivity index (χ2v) is 8.75. The van der Waals surface area contributed by atoms with E-state index in [1.807, 2.05) is 19.0 Å². The summed E-state index contributed by atoms with van der Waals surface area (Å²) >= 11 is 0. The normalized spacial score (nSPS) is 17.1. The summed E-state index contributed by atoms with van der Waals surface area (Å²) in [5, 5.41) is 11.4. The Hall–Kier alpha value is -3.92. The van der Waals surface area contributed by atoms with Gasteiger partial charge in [-0.05, 0) is 58.1 Å². The van der Waals surface area contributed by atoms with Gasteiger partial charge < -0.3 is 29.4 Å². The van der Waals surface area contributed by atoms with Gasteiger partial charge in [-0.1, -0.05) is 12.1 Å². The van der Waals surface area contributed by atoms with Crippen LogP contribution >= 0.6 is 0 Å². The lowest BCUT2D eigenvalue weighted by atomic mass is 9.93. The molecule has 36 heavy (non-hydrogen) atoms. The fourth-order valence-corrected chi connectivity index (χ4v) is 4.33. The maximum absolute atomic E-state index is 13.2. The number of carbonyl (C=O) groups is 4. The fraction of sp³-hybridized carbons (Fsp3) is 0.385. The summed E-state index contributed by atoms with van der Waals surface area (Å²) in [6.07, 6.45) is 0. The number of nitrogens with one attached hydrogen (secondary N) is 1. The molecule has 1 unspecified atom stereocenters. The van der Waals surface area contributed by atoms with Gasteiger partial charge in [0.05, 0.1) is 30.9 Å². The molecule has 2 heterocycles. The zero-order valence-corrected chi connectivity index (χ0v) is 21.3. The first-order valence-corrected chi connectivity index (χ1v) is 11.5. The number of ketones is 1. The Morgan fingerprint density at radius 2 is 1.75 bits per heavy atom. The van der Waals surface area contributed by atoms with Crippen LogP contribution in [-0.4, -0.2) is 84.4 Å². The number of aromatic amines is 1. The number of H-pyrrole nitrogens is 1. The van der Waals surface area contributed by atoms with E-state index in [0.717, 1.165) is 0 Å². The Kier molecular flexibility index (Phi) is 7.99. The number of aliphatic hydroxyl groups excluding tert-OH is 1. The lowest BCUT2D eigenvalue weighted by Gasteiger charge is -2.26. The Bertz CT molecular complexity index is 1220. The van der Waals surface area contributed by atoms with Crippen LogP contribution in [0.15, 0.2) is 29.8 Å². The third-order valence-corrected chi connectivity index (χ3v) is 6.13. The van der Waals surface area contributed by atoms with Crippen molar-refractivity contribution >= 4 is 29.4 Å². The Balaban J connectivity index is 2.19. The molecule has 10 heteroatoms. The fourth-order valence-electron chi connectivity index (χ4n) is 4.33. The van der Waals surface area contributed by atoms with Gasteiger partial charge in [0.25, 0.3) is 11.7 Å². The molecule has 10 nitrogen and oxygen atoms in total. The molecule has 1 atom stereocenters. The van der Waals surface area contributed by atoms with Crippen molar-refractivity contribution in [2.75, 3.05) is 40.9 Å². The highest BCUT2D eigenvalue weighted by atomic mass is 16.5. The Labute approximate surface area is 209 Å². The van der Waals surface area contributed by atoms with Crippen molar-refractivity contribution in [2.45, 2.75) is 26.8 Å². The third kappa shape index (κ3) is 4.90. The van der Waals surface area contributed by atoms with Crippen molar-refractivity contribution in [2.24, 2.45) is 0 Å². The predicted molar refractivity (Wildman–Crippen MR) is 132 cm³/mol. The van der Waals surface area contributed by atoms with Gasteiger partial charge in [0.15, 0.2) is 0 Å². The molecule has 3 rings (SSSR count). The number of aliphatic hydroxyl groups is 1. The number of hydrogen-bond donors (Lipinski definition) is 2. The molecule has 0 bridgehead atoms. The number of methoxy groups -OCH3 is 1. The van der Waals surface area contributed by atoms with E-state index in [-0.39, 0.29) is 35.7 Å². The minimum absolute atomic E-state index is 0.0924. The summed E-state index contributed by atoms with van der Waals surface area (Å²) in [7, 11) is 4.97. The van der Waals surface area contributed by atoms with Gasteiger partial charge in [-0.2, -0.15) is 0 Å². The summed E-state index contributed by atoms with van der Waals surface area (Å²) in [6.45, 7) is 5.87. The molecule has 0 saturated carbocycles. The first kappa shape index (κ1) is 26.7. The second-order valence-electron chi connectivity index (χ2n) is 8.75. The van der Waals surface area contributed by atoms with Crippen LogP contribution in [0, 0.1) is 13.8 Å². The van der Waals surface area contributed by atoms with Gasteiger partial charge in [0.2, 0.25) is 0 Å². The van der Waals surface area contributed by atoms with E-state index in [0.29, 0.717) is 28.9 Å². The SMILES string of the molecule is CCOC(=O)c1[nH]c(C)c(C(O)=C2C(=O)C(=O)N(CCN(C)C)C2c2ccc(C(=O)OC)cc2)c1C. The molecule has 1 aromatic carbocycles. The van der Waals surface area contributed by atoms with E-state index in [1.165, 1.54) is 12.0 Å². The average Bonchev–Trinajstić information content (AvgIpc) is 3.29. The van der Waals surface area contributed by atoms with Crippen LogP contribution in [0.1, 0.15) is 56.2 Å². The highest BCUT2D eigenvalue weighted by Gasteiger charge is 2.46. The molecule has 2 aromatic rings. The molecular weight excluding hydrogens is 466 g/mol. The van der Waals surface area contributed by atoms with Gasteiger partial charge in [-0.15, -0.1) is 0 Å². The maximum Gasteiger partial charge on any atom is 0.355 e. The number of amides is 1. The lowest BCUT2D eigenvalue weighted by molar-refractivity contribution is -0.140. The van der Waals surface area contributed by atoms with Crippen LogP contribution in [-0.2, 0) is 19.1 Å². The number of carbonyl (C=O) groups excluding carboxylic acids is 4. The van der Waals surface area contributed by atoms with E-state index < -0.39 is 29.7 Å². The minimum atomic E-state index is -0.892. The molecule has 2 N–H and O–H groups in total. The summed E-state index contributed by atoms with van der Waals surface area (Å²) in [5.41, 5.74) is 2.04. The largest absolute Gasteiger partial charge is 0.507 e. The third-order valence-electron chi connectivity index (χ3n) is 6.13. The number of aromatic nitrogens is 1. The van der Waals surface area contributed by atoms with Crippen LogP contribution in [0.5, 0.6) is 0 Å². The van der Waals surface area contributed by atoms with Crippen molar-refractivity contribution in [1.29, 1.82) is 0 Å². The zero-order chi connectivity index (χ0) is 26.7. The monoisotopic (exact) mass is 497 g/mol. The van der Waals surface area contributed by atoms with Gasteiger partial charge in [0.1, 0.15) is 11.5 Å². The molecular formula is C26H31N3O7. The smallest absolute Gasteiger partial charge is 0.355 e. The first-order chi connectivity index (χ1) is 17.0. The van der Waals surface area contributed by atoms with Crippen LogP contribution in [0.4, 0.5) is 0 Å². The predicted octanol–water partition coefficient (Wildman–Crippen LogP) is 2.58. The van der Waals surface area contributed by atoms with Gasteiger partial charge in [0, 0.05) is 24.3 Å². The molecule has 1 saturated heterocycles. The van der Waals surface area contributed by atoms with Crippen molar-refractivity contribution in [3.63, 3.8) is 0 Å². The summed E-state index contributed by atoms with van der Waals surface area (Å²) in [5.74, 6) is -3.06. The van der Waals surface area contributed by atoms with E-state index in [1.54, 1.807) is 45.0 Å². The van der Waals surface area contributed by atoms with Crippen LogP contribution in [0.2, 0.25) is 0 Å². The summed E-state index contributed by atoms with van der Waals surface area (Å²) < 4.78 is 9.83. The van der Waals surface area contributed by atoms with Crippen LogP contribution < -0.4 is 0 Å². The molecule has 192 valence electrons. The number of ether oxygens (including phenoxy) is 2. The van der Waals surface area contributed by atoms with E-state index in [9.17, 15) is 24.3 Å². The van der Waals surface area contributed by atoms with E-state index in [4.69, 9.17) is 9.47 Å². The quantitative estimate of drug-likeness (QED) is 0.246. The van der Waals surface area contributed by atoms with Gasteiger partial charge in [-0.25, -0.2) is 9.59 Å². The number of Topliss-reactive ketones (excluding diaryl/α,β-unsaturated/α-hetero) is 1. The highest BCUT2D eigenvalue weighted by molar-refractivity contribution is 6.46. The zero-order valence-electron chi connectivity index (χ0n) is 21.3. The number of esters is 2. The van der Waals surface area contributed by atoms with Crippen molar-refractivity contribution in [3.05, 3.63) is 63.5 Å². The molecule has 0 aliphatic carbocycles. The number of hydrogen-bond acceptors (Lipinski definition) is 8. The van der Waals surface area contributed by atoms with Crippen LogP contribution in [0.3, 0.4) is 0 Å². The molecule has 1 fully saturated rings.